The number of benzene rings is 1. The quantitative estimate of drug-likeness (QED) is 0.630. The van der Waals surface area contributed by atoms with Gasteiger partial charge >= 0.3 is 6.03 Å². The number of carbonyl (C=O) groups is 2. The van der Waals surface area contributed by atoms with Gasteiger partial charge in [0.05, 0.1) is 0 Å². The summed E-state index contributed by atoms with van der Waals surface area (Å²) >= 11 is 0. The van der Waals surface area contributed by atoms with E-state index in [0.29, 0.717) is 0 Å². The third-order valence-electron chi connectivity index (χ3n) is 5.17. The second-order valence-corrected chi connectivity index (χ2v) is 7.27. The molecule has 0 saturated carbocycles. The van der Waals surface area contributed by atoms with E-state index >= 15 is 0 Å². The zero-order valence-corrected chi connectivity index (χ0v) is 16.6. The van der Waals surface area contributed by atoms with Crippen LogP contribution < -0.4 is 21.3 Å². The molecular formula is C19H30ClN5O2. The Balaban J connectivity index is 0.00000261. The number of hydrogen-bond acceptors (Lipinski definition) is 4. The van der Waals surface area contributed by atoms with Crippen molar-refractivity contribution in [1.29, 1.82) is 0 Å². The van der Waals surface area contributed by atoms with Gasteiger partial charge in [-0.1, -0.05) is 0 Å². The monoisotopic (exact) mass is 395 g/mol. The predicted octanol–water partition coefficient (Wildman–Crippen LogP) is 2.26. The van der Waals surface area contributed by atoms with Gasteiger partial charge in [-0.25, -0.2) is 4.79 Å². The molecule has 2 aliphatic heterocycles. The summed E-state index contributed by atoms with van der Waals surface area (Å²) in [6.45, 7) is 3.81. The average molecular weight is 396 g/mol. The topological polar surface area (TPSA) is 85.5 Å². The number of amides is 3. The fourth-order valence-electron chi connectivity index (χ4n) is 3.47. The summed E-state index contributed by atoms with van der Waals surface area (Å²) in [5.41, 5.74) is 1.48. The first kappa shape index (κ1) is 21.5. The van der Waals surface area contributed by atoms with Gasteiger partial charge in [0, 0.05) is 23.3 Å². The summed E-state index contributed by atoms with van der Waals surface area (Å²) in [5.74, 6) is 0.154. The fourth-order valence-corrected chi connectivity index (χ4v) is 3.47. The Hall–Kier alpha value is -1.83. The molecule has 0 bridgehead atoms. The van der Waals surface area contributed by atoms with Crippen molar-refractivity contribution in [3.05, 3.63) is 24.3 Å². The first-order chi connectivity index (χ1) is 12.6. The van der Waals surface area contributed by atoms with Crippen LogP contribution in [0.3, 0.4) is 0 Å². The van der Waals surface area contributed by atoms with Gasteiger partial charge in [0.2, 0.25) is 5.91 Å². The number of rotatable bonds is 4. The van der Waals surface area contributed by atoms with Crippen molar-refractivity contribution >= 4 is 35.7 Å². The first-order valence-corrected chi connectivity index (χ1v) is 9.48. The molecule has 7 nitrogen and oxygen atoms in total. The lowest BCUT2D eigenvalue weighted by Crippen LogP contribution is -2.44. The van der Waals surface area contributed by atoms with E-state index in [9.17, 15) is 9.59 Å². The molecule has 2 fully saturated rings. The van der Waals surface area contributed by atoms with Crippen molar-refractivity contribution in [3.8, 4) is 0 Å². The van der Waals surface area contributed by atoms with E-state index in [4.69, 9.17) is 0 Å². The molecule has 3 rings (SSSR count). The molecule has 0 radical (unpaired) electrons. The Kier molecular flexibility index (Phi) is 8.34. The van der Waals surface area contributed by atoms with Crippen molar-refractivity contribution in [2.24, 2.45) is 5.92 Å². The molecule has 27 heavy (non-hydrogen) atoms. The SMILES string of the molecule is CN1CCC(NC(=O)Nc2ccc(NC(=O)C3CCNCC3)cc2)CC1.Cl. The van der Waals surface area contributed by atoms with E-state index < -0.39 is 0 Å². The van der Waals surface area contributed by atoms with Crippen LogP contribution in [-0.4, -0.2) is 56.1 Å². The van der Waals surface area contributed by atoms with Gasteiger partial charge in [-0.3, -0.25) is 4.79 Å². The van der Waals surface area contributed by atoms with Crippen molar-refractivity contribution in [2.45, 2.75) is 31.7 Å². The summed E-state index contributed by atoms with van der Waals surface area (Å²) < 4.78 is 0. The normalized spacial score (nSPS) is 19.0. The Morgan fingerprint density at radius 2 is 1.52 bits per heavy atom. The zero-order valence-electron chi connectivity index (χ0n) is 15.8. The van der Waals surface area contributed by atoms with E-state index in [1.807, 2.05) is 24.3 Å². The largest absolute Gasteiger partial charge is 0.335 e. The van der Waals surface area contributed by atoms with Crippen molar-refractivity contribution in [1.82, 2.24) is 15.5 Å². The summed E-state index contributed by atoms with van der Waals surface area (Å²) in [6.07, 6.45) is 3.71. The highest BCUT2D eigenvalue weighted by Crippen LogP contribution is 2.18. The molecule has 0 unspecified atom stereocenters. The first-order valence-electron chi connectivity index (χ1n) is 9.48. The summed E-state index contributed by atoms with van der Waals surface area (Å²) in [4.78, 5) is 26.6. The lowest BCUT2D eigenvalue weighted by atomic mass is 9.97. The van der Waals surface area contributed by atoms with Gasteiger partial charge in [-0.2, -0.15) is 0 Å². The molecule has 2 aliphatic rings. The fraction of sp³-hybridized carbons (Fsp3) is 0.579. The molecule has 2 heterocycles. The summed E-state index contributed by atoms with van der Waals surface area (Å²) in [5, 5.41) is 12.1. The standard InChI is InChI=1S/C19H29N5O2.ClH/c1-24-12-8-17(9-13-24)23-19(26)22-16-4-2-15(3-5-16)21-18(25)14-6-10-20-11-7-14;/h2-5,14,17,20H,6-13H2,1H3,(H,21,25)(H2,22,23,26);1H. The highest BCUT2D eigenvalue weighted by atomic mass is 35.5. The second-order valence-electron chi connectivity index (χ2n) is 7.27. The van der Waals surface area contributed by atoms with Crippen LogP contribution in [0.15, 0.2) is 24.3 Å². The van der Waals surface area contributed by atoms with Crippen LogP contribution in [0, 0.1) is 5.92 Å². The highest BCUT2D eigenvalue weighted by Gasteiger charge is 2.21. The Morgan fingerprint density at radius 3 is 2.11 bits per heavy atom. The van der Waals surface area contributed by atoms with Crippen molar-refractivity contribution in [3.63, 3.8) is 0 Å². The predicted molar refractivity (Wildman–Crippen MR) is 111 cm³/mol. The molecule has 3 amide bonds. The average Bonchev–Trinajstić information content (AvgIpc) is 2.66. The Morgan fingerprint density at radius 1 is 0.963 bits per heavy atom. The van der Waals surface area contributed by atoms with Gasteiger partial charge in [0.15, 0.2) is 0 Å². The zero-order chi connectivity index (χ0) is 18.4. The van der Waals surface area contributed by atoms with E-state index in [2.05, 4.69) is 33.2 Å². The van der Waals surface area contributed by atoms with Crippen LogP contribution in [0.1, 0.15) is 25.7 Å². The van der Waals surface area contributed by atoms with Gasteiger partial charge in [-0.15, -0.1) is 12.4 Å². The summed E-state index contributed by atoms with van der Waals surface area (Å²) in [7, 11) is 2.10. The number of anilines is 2. The van der Waals surface area contributed by atoms with Crippen molar-refractivity contribution in [2.75, 3.05) is 43.9 Å². The second kappa shape index (κ2) is 10.5. The van der Waals surface area contributed by atoms with Gasteiger partial charge < -0.3 is 26.2 Å². The molecule has 1 aromatic rings. The molecule has 2 saturated heterocycles. The maximum Gasteiger partial charge on any atom is 0.319 e. The Labute approximate surface area is 167 Å². The lowest BCUT2D eigenvalue weighted by Gasteiger charge is -2.29. The number of nitrogens with one attached hydrogen (secondary N) is 4. The molecule has 0 aliphatic carbocycles. The van der Waals surface area contributed by atoms with Gasteiger partial charge in [-0.05, 0) is 83.2 Å². The van der Waals surface area contributed by atoms with Crippen molar-refractivity contribution < 1.29 is 9.59 Å². The molecular weight excluding hydrogens is 366 g/mol. The molecule has 0 spiro atoms. The number of piperidine rings is 2. The molecule has 0 aromatic heterocycles. The minimum atomic E-state index is -0.175. The maximum atomic E-state index is 12.3. The third-order valence-corrected chi connectivity index (χ3v) is 5.17. The van der Waals surface area contributed by atoms with Gasteiger partial charge in [0.25, 0.3) is 0 Å². The maximum absolute atomic E-state index is 12.3. The number of hydrogen-bond donors (Lipinski definition) is 4. The molecule has 8 heteroatoms. The van der Waals surface area contributed by atoms with Crippen LogP contribution in [0.2, 0.25) is 0 Å². The number of nitrogens with zero attached hydrogens (tertiary/aromatic N) is 1. The van der Waals surface area contributed by atoms with E-state index in [1.165, 1.54) is 0 Å². The molecule has 0 atom stereocenters. The van der Waals surface area contributed by atoms with Crippen LogP contribution >= 0.6 is 12.4 Å². The highest BCUT2D eigenvalue weighted by molar-refractivity contribution is 5.93. The smallest absolute Gasteiger partial charge is 0.319 e. The lowest BCUT2D eigenvalue weighted by molar-refractivity contribution is -0.120. The Bertz CT molecular complexity index is 611. The van der Waals surface area contributed by atoms with Crippen LogP contribution in [0.5, 0.6) is 0 Å². The third kappa shape index (κ3) is 6.68. The minimum Gasteiger partial charge on any atom is -0.335 e. The summed E-state index contributed by atoms with van der Waals surface area (Å²) in [6, 6.07) is 7.33. The van der Waals surface area contributed by atoms with Crippen LogP contribution in [-0.2, 0) is 4.79 Å². The van der Waals surface area contributed by atoms with E-state index in [-0.39, 0.29) is 36.3 Å². The number of urea groups is 1. The number of halogens is 1. The molecule has 150 valence electrons. The van der Waals surface area contributed by atoms with Crippen LogP contribution in [0.4, 0.5) is 16.2 Å². The number of likely N-dealkylation sites (tertiary alicyclic amines) is 1. The van der Waals surface area contributed by atoms with E-state index in [0.717, 1.165) is 63.2 Å². The minimum absolute atomic E-state index is 0. The van der Waals surface area contributed by atoms with E-state index in [1.54, 1.807) is 0 Å². The van der Waals surface area contributed by atoms with Crippen LogP contribution in [0.25, 0.3) is 0 Å². The van der Waals surface area contributed by atoms with Gasteiger partial charge in [0.1, 0.15) is 0 Å². The molecule has 4 N–H and O–H groups in total. The number of carbonyl (C=O) groups excluding carboxylic acids is 2. The molecule has 1 aromatic carbocycles.